The van der Waals surface area contributed by atoms with Gasteiger partial charge >= 0.3 is 0 Å². The van der Waals surface area contributed by atoms with Gasteiger partial charge in [-0.05, 0) is 29.8 Å². The Labute approximate surface area is 121 Å². The van der Waals surface area contributed by atoms with Gasteiger partial charge in [-0.2, -0.15) is 0 Å². The number of methoxy groups -OCH3 is 1. The van der Waals surface area contributed by atoms with Gasteiger partial charge in [-0.1, -0.05) is 12.1 Å². The topological polar surface area (TPSA) is 80.5 Å². The lowest BCUT2D eigenvalue weighted by Crippen LogP contribution is -1.90. The maximum atomic E-state index is 11.0. The molecule has 0 saturated heterocycles. The Kier molecular flexibility index (Phi) is 4.50. The number of hydrogen-bond acceptors (Lipinski definition) is 6. The highest BCUT2D eigenvalue weighted by Crippen LogP contribution is 2.38. The highest BCUT2D eigenvalue weighted by atomic mass is 16.6. The van der Waals surface area contributed by atoms with E-state index in [9.17, 15) is 9.90 Å². The van der Waals surface area contributed by atoms with Crippen molar-refractivity contribution in [2.75, 3.05) is 14.2 Å². The quantitative estimate of drug-likeness (QED) is 0.518. The molecule has 0 radical (unpaired) electrons. The maximum Gasteiger partial charge on any atom is 0.165 e. The number of phenols is 1. The molecule has 0 aliphatic rings. The Hall–Kier alpha value is -2.89. The minimum absolute atomic E-state index is 0.0191. The van der Waals surface area contributed by atoms with Crippen LogP contribution in [-0.4, -0.2) is 25.6 Å². The third kappa shape index (κ3) is 3.17. The number of aromatic hydroxyl groups is 1. The molecule has 108 valence electrons. The van der Waals surface area contributed by atoms with E-state index in [0.29, 0.717) is 23.1 Å². The third-order valence-corrected chi connectivity index (χ3v) is 2.87. The predicted molar refractivity (Wildman–Crippen MR) is 77.0 cm³/mol. The monoisotopic (exact) mass is 286 g/mol. The molecule has 0 aliphatic carbocycles. The van der Waals surface area contributed by atoms with Gasteiger partial charge in [0.05, 0.1) is 12.8 Å². The van der Waals surface area contributed by atoms with Crippen LogP contribution in [0.2, 0.25) is 0 Å². The van der Waals surface area contributed by atoms with Crippen molar-refractivity contribution >= 4 is 12.0 Å². The van der Waals surface area contributed by atoms with Crippen molar-refractivity contribution < 1.29 is 19.5 Å². The Balaban J connectivity index is 2.45. The van der Waals surface area contributed by atoms with E-state index < -0.39 is 0 Å². The number of carbonyl (C=O) groups is 1. The van der Waals surface area contributed by atoms with Gasteiger partial charge in [0.25, 0.3) is 0 Å². The molecule has 0 atom stereocenters. The van der Waals surface area contributed by atoms with Crippen LogP contribution >= 0.6 is 0 Å². The van der Waals surface area contributed by atoms with Gasteiger partial charge in [-0.25, -0.2) is 0 Å². The molecule has 0 aliphatic heterocycles. The number of aldehydes is 1. The van der Waals surface area contributed by atoms with E-state index in [1.54, 1.807) is 30.3 Å². The highest BCUT2D eigenvalue weighted by Gasteiger charge is 2.12. The number of benzene rings is 2. The predicted octanol–water partition coefficient (Wildman–Crippen LogP) is 3.53. The third-order valence-electron chi connectivity index (χ3n) is 2.87. The maximum absolute atomic E-state index is 11.0. The molecule has 6 nitrogen and oxygen atoms in total. The van der Waals surface area contributed by atoms with E-state index in [1.165, 1.54) is 20.3 Å². The van der Waals surface area contributed by atoms with E-state index in [0.717, 1.165) is 5.56 Å². The number of ether oxygens (including phenoxy) is 1. The first-order valence-electron chi connectivity index (χ1n) is 6.10. The number of rotatable bonds is 5. The molecule has 0 aromatic heterocycles. The van der Waals surface area contributed by atoms with Gasteiger partial charge in [-0.3, -0.25) is 4.79 Å². The first-order chi connectivity index (χ1) is 10.2. The molecule has 2 rings (SSSR count). The number of carbonyl (C=O) groups excluding carboxylic acids is 1. The minimum atomic E-state index is -0.0191. The van der Waals surface area contributed by atoms with E-state index in [4.69, 9.17) is 4.74 Å². The van der Waals surface area contributed by atoms with E-state index in [1.807, 2.05) is 0 Å². The summed E-state index contributed by atoms with van der Waals surface area (Å²) in [7, 11) is 2.84. The van der Waals surface area contributed by atoms with Gasteiger partial charge < -0.3 is 14.7 Å². The van der Waals surface area contributed by atoms with Crippen molar-refractivity contribution in [3.8, 4) is 22.6 Å². The summed E-state index contributed by atoms with van der Waals surface area (Å²) >= 11 is 0. The van der Waals surface area contributed by atoms with Gasteiger partial charge in [0, 0.05) is 16.4 Å². The average Bonchev–Trinajstić information content (AvgIpc) is 2.53. The van der Waals surface area contributed by atoms with Gasteiger partial charge in [0.15, 0.2) is 11.5 Å². The molecule has 0 bridgehead atoms. The van der Waals surface area contributed by atoms with Crippen LogP contribution in [0.15, 0.2) is 46.8 Å². The lowest BCUT2D eigenvalue weighted by molar-refractivity contribution is 0.112. The number of hydrogen-bond donors (Lipinski definition) is 1. The first kappa shape index (κ1) is 14.5. The molecule has 21 heavy (non-hydrogen) atoms. The average molecular weight is 286 g/mol. The molecule has 0 amide bonds. The summed E-state index contributed by atoms with van der Waals surface area (Å²) in [6.07, 6.45) is 0.701. The molecule has 2 aromatic rings. The smallest absolute Gasteiger partial charge is 0.165 e. The molecular weight excluding hydrogens is 272 g/mol. The molecule has 0 fully saturated rings. The van der Waals surface area contributed by atoms with Crippen LogP contribution in [0.3, 0.4) is 0 Å². The number of phenolic OH excluding ortho intramolecular Hbond substituents is 1. The summed E-state index contributed by atoms with van der Waals surface area (Å²) in [5.41, 5.74) is 2.26. The Morgan fingerprint density at radius 3 is 2.43 bits per heavy atom. The normalized spacial score (nSPS) is 10.6. The Morgan fingerprint density at radius 1 is 1.14 bits per heavy atom. The molecule has 0 saturated carbocycles. The molecule has 1 N–H and O–H groups in total. The Morgan fingerprint density at radius 2 is 1.86 bits per heavy atom. The zero-order valence-corrected chi connectivity index (χ0v) is 11.6. The van der Waals surface area contributed by atoms with Crippen molar-refractivity contribution in [1.82, 2.24) is 0 Å². The van der Waals surface area contributed by atoms with Crippen LogP contribution in [0.1, 0.15) is 10.4 Å². The summed E-state index contributed by atoms with van der Waals surface area (Å²) in [5.74, 6) is 0.229. The highest BCUT2D eigenvalue weighted by molar-refractivity contribution is 5.84. The van der Waals surface area contributed by atoms with Crippen molar-refractivity contribution in [1.29, 1.82) is 0 Å². The summed E-state index contributed by atoms with van der Waals surface area (Å²) in [6.45, 7) is 0. The lowest BCUT2D eigenvalue weighted by atomic mass is 10.0. The zero-order valence-electron chi connectivity index (χ0n) is 11.6. The van der Waals surface area contributed by atoms with Crippen LogP contribution in [0.5, 0.6) is 11.5 Å². The lowest BCUT2D eigenvalue weighted by Gasteiger charge is -2.10. The summed E-state index contributed by atoms with van der Waals surface area (Å²) in [4.78, 5) is 15.5. The van der Waals surface area contributed by atoms with Crippen LogP contribution in [0.25, 0.3) is 11.1 Å². The van der Waals surface area contributed by atoms with E-state index in [-0.39, 0.29) is 11.5 Å². The molecule has 0 unspecified atom stereocenters. The fourth-order valence-electron chi connectivity index (χ4n) is 1.87. The van der Waals surface area contributed by atoms with Crippen molar-refractivity contribution in [2.45, 2.75) is 0 Å². The standard InChI is InChI=1S/C15H14N2O4/c1-20-14-8-10(9-18)7-13(15(14)19)11-3-5-12(6-4-11)16-17-21-2/h3-9,19H,1-2H3. The molecular formula is C15H14N2O4. The fourth-order valence-corrected chi connectivity index (χ4v) is 1.87. The van der Waals surface area contributed by atoms with Gasteiger partial charge in [0.1, 0.15) is 13.4 Å². The van der Waals surface area contributed by atoms with E-state index in [2.05, 4.69) is 15.2 Å². The second-order valence-corrected chi connectivity index (χ2v) is 4.15. The van der Waals surface area contributed by atoms with Crippen LogP contribution in [-0.2, 0) is 4.84 Å². The molecule has 2 aromatic carbocycles. The fraction of sp³-hybridized carbons (Fsp3) is 0.133. The van der Waals surface area contributed by atoms with Crippen LogP contribution < -0.4 is 4.74 Å². The summed E-state index contributed by atoms with van der Waals surface area (Å²) < 4.78 is 5.07. The second-order valence-electron chi connectivity index (χ2n) is 4.15. The Bertz CT molecular complexity index is 666. The van der Waals surface area contributed by atoms with Crippen LogP contribution in [0.4, 0.5) is 5.69 Å². The summed E-state index contributed by atoms with van der Waals surface area (Å²) in [6, 6.07) is 10.0. The largest absolute Gasteiger partial charge is 0.504 e. The molecule has 0 spiro atoms. The number of nitrogens with zero attached hydrogens (tertiary/aromatic N) is 2. The molecule has 6 heteroatoms. The van der Waals surface area contributed by atoms with Gasteiger partial charge in [-0.15, -0.1) is 5.11 Å². The van der Waals surface area contributed by atoms with Crippen molar-refractivity contribution in [3.63, 3.8) is 0 Å². The minimum Gasteiger partial charge on any atom is -0.504 e. The van der Waals surface area contributed by atoms with Crippen LogP contribution in [0, 0.1) is 0 Å². The van der Waals surface area contributed by atoms with E-state index >= 15 is 0 Å². The van der Waals surface area contributed by atoms with Crippen molar-refractivity contribution in [2.24, 2.45) is 10.4 Å². The molecule has 0 heterocycles. The SMILES string of the molecule is CON=Nc1ccc(-c2cc(C=O)cc(OC)c2O)cc1. The summed E-state index contributed by atoms with van der Waals surface area (Å²) in [5, 5.41) is 17.4. The van der Waals surface area contributed by atoms with Crippen molar-refractivity contribution in [3.05, 3.63) is 42.0 Å². The second kappa shape index (κ2) is 6.51. The first-order valence-corrected chi connectivity index (χ1v) is 6.10. The zero-order chi connectivity index (χ0) is 15.2. The van der Waals surface area contributed by atoms with Gasteiger partial charge in [0.2, 0.25) is 0 Å².